The molecule has 0 atom stereocenters. The third-order valence-electron chi connectivity index (χ3n) is 7.90. The Hall–Kier alpha value is -6.90. The van der Waals surface area contributed by atoms with Crippen LogP contribution in [0.3, 0.4) is 0 Å². The number of benzene rings is 3. The number of rotatable bonds is 11. The van der Waals surface area contributed by atoms with Crippen molar-refractivity contribution in [2.45, 2.75) is 19.5 Å². The Morgan fingerprint density at radius 2 is 1.32 bits per heavy atom. The fourth-order valence-electron chi connectivity index (χ4n) is 5.49. The Balaban J connectivity index is 1.08. The van der Waals surface area contributed by atoms with Crippen LogP contribution in [0.1, 0.15) is 12.0 Å². The predicted molar refractivity (Wildman–Crippen MR) is 180 cm³/mol. The predicted octanol–water partition coefficient (Wildman–Crippen LogP) is 1.38. The number of hydrogen-bond donors (Lipinski definition) is 2. The summed E-state index contributed by atoms with van der Waals surface area (Å²) in [5, 5.41) is 0.261. The molecular formula is C35H27N5O10. The molecule has 50 heavy (non-hydrogen) atoms. The minimum atomic E-state index is -0.956. The van der Waals surface area contributed by atoms with E-state index in [1.807, 2.05) is 0 Å². The van der Waals surface area contributed by atoms with Gasteiger partial charge in [-0.2, -0.15) is 0 Å². The highest BCUT2D eigenvalue weighted by molar-refractivity contribution is 6.44. The lowest BCUT2D eigenvalue weighted by molar-refractivity contribution is -0.146. The number of hydrogen-bond acceptors (Lipinski definition) is 10. The Kier molecular flexibility index (Phi) is 9.03. The minimum Gasteiger partial charge on any atom is -0.464 e. The number of fused-ring (bicyclic) bond motifs is 2. The molecule has 252 valence electrons. The van der Waals surface area contributed by atoms with Gasteiger partial charge in [-0.1, -0.05) is 49.0 Å². The van der Waals surface area contributed by atoms with Crippen molar-refractivity contribution in [3.63, 3.8) is 0 Å². The summed E-state index contributed by atoms with van der Waals surface area (Å²) in [6.07, 6.45) is 0.548. The second-order valence-corrected chi connectivity index (χ2v) is 11.1. The molecule has 0 saturated carbocycles. The monoisotopic (exact) mass is 677 g/mol. The molecule has 2 amide bonds. The summed E-state index contributed by atoms with van der Waals surface area (Å²) in [5.74, 6) is -3.09. The Bertz CT molecular complexity index is 2510. The maximum absolute atomic E-state index is 13.6. The van der Waals surface area contributed by atoms with Gasteiger partial charge in [0.05, 0.1) is 52.6 Å². The molecule has 5 aromatic rings. The Labute approximate surface area is 280 Å². The molecule has 2 aromatic heterocycles. The van der Waals surface area contributed by atoms with Crippen LogP contribution < -0.4 is 27.4 Å². The largest absolute Gasteiger partial charge is 0.464 e. The highest BCUT2D eigenvalue weighted by atomic mass is 16.5. The van der Waals surface area contributed by atoms with Gasteiger partial charge in [0.2, 0.25) is 0 Å². The molecule has 1 aliphatic heterocycles. The molecule has 0 unspecified atom stereocenters. The summed E-state index contributed by atoms with van der Waals surface area (Å²) in [6.45, 7) is 2.11. The van der Waals surface area contributed by atoms with Crippen molar-refractivity contribution in [1.82, 2.24) is 19.1 Å². The van der Waals surface area contributed by atoms with Crippen LogP contribution in [-0.4, -0.2) is 56.1 Å². The first kappa shape index (κ1) is 33.0. The van der Waals surface area contributed by atoms with Gasteiger partial charge in [0.15, 0.2) is 0 Å². The van der Waals surface area contributed by atoms with Crippen LogP contribution >= 0.6 is 0 Å². The average molecular weight is 678 g/mol. The van der Waals surface area contributed by atoms with Gasteiger partial charge in [-0.15, -0.1) is 0 Å². The standard InChI is InChI=1S/C35H27N5O10/c1-20(33(46)50-17-15-38-30(43)23-10-5-6-12-25(23)36-34(38)47)18-28(42)49-16-14-39-32(45)29-22(11-7-13-26(29)37-35(39)48)24-19-27(41)40(31(24)44)21-8-3-2-4-9-21/h2-13,19H,1,14-18H2,(H,36,47)(H,37,48). The van der Waals surface area contributed by atoms with Crippen molar-refractivity contribution in [2.75, 3.05) is 18.1 Å². The smallest absolute Gasteiger partial charge is 0.334 e. The van der Waals surface area contributed by atoms with Gasteiger partial charge in [-0.3, -0.25) is 33.1 Å². The highest BCUT2D eigenvalue weighted by Gasteiger charge is 2.34. The van der Waals surface area contributed by atoms with E-state index in [9.17, 15) is 38.4 Å². The number of nitrogens with zero attached hydrogens (tertiary/aromatic N) is 3. The average Bonchev–Trinajstić information content (AvgIpc) is 3.40. The van der Waals surface area contributed by atoms with E-state index >= 15 is 0 Å². The van der Waals surface area contributed by atoms with E-state index in [1.54, 1.807) is 54.6 Å². The number of amides is 2. The molecule has 15 heteroatoms. The highest BCUT2D eigenvalue weighted by Crippen LogP contribution is 2.30. The van der Waals surface area contributed by atoms with E-state index in [-0.39, 0.29) is 52.7 Å². The van der Waals surface area contributed by atoms with Gasteiger partial charge in [0.1, 0.15) is 13.2 Å². The normalized spacial score (nSPS) is 12.7. The number of imide groups is 1. The molecular weight excluding hydrogens is 650 g/mol. The number of carbonyl (C=O) groups is 4. The number of para-hydroxylation sites is 2. The van der Waals surface area contributed by atoms with Crippen LogP contribution in [0.25, 0.3) is 27.4 Å². The Morgan fingerprint density at radius 1 is 0.700 bits per heavy atom. The van der Waals surface area contributed by atoms with Crippen molar-refractivity contribution < 1.29 is 28.7 Å². The van der Waals surface area contributed by atoms with Crippen LogP contribution in [-0.2, 0) is 41.7 Å². The van der Waals surface area contributed by atoms with Gasteiger partial charge >= 0.3 is 23.3 Å². The van der Waals surface area contributed by atoms with E-state index < -0.39 is 59.3 Å². The van der Waals surface area contributed by atoms with Gasteiger partial charge in [-0.25, -0.2) is 19.3 Å². The molecule has 0 bridgehead atoms. The zero-order valence-electron chi connectivity index (χ0n) is 26.2. The molecule has 0 aliphatic carbocycles. The molecule has 0 radical (unpaired) electrons. The number of nitrogens with one attached hydrogen (secondary N) is 2. The third kappa shape index (κ3) is 6.34. The summed E-state index contributed by atoms with van der Waals surface area (Å²) < 4.78 is 11.9. The van der Waals surface area contributed by atoms with Crippen molar-refractivity contribution in [1.29, 1.82) is 0 Å². The first-order valence-corrected chi connectivity index (χ1v) is 15.2. The number of aromatic nitrogens is 4. The molecule has 6 rings (SSSR count). The van der Waals surface area contributed by atoms with Crippen LogP contribution in [0.15, 0.2) is 110 Å². The van der Waals surface area contributed by atoms with Crippen LogP contribution in [0.2, 0.25) is 0 Å². The maximum Gasteiger partial charge on any atom is 0.334 e. The van der Waals surface area contributed by atoms with Crippen LogP contribution in [0.5, 0.6) is 0 Å². The van der Waals surface area contributed by atoms with E-state index in [2.05, 4.69) is 16.5 Å². The zero-order valence-corrected chi connectivity index (χ0v) is 26.2. The molecule has 15 nitrogen and oxygen atoms in total. The molecule has 3 aromatic carbocycles. The van der Waals surface area contributed by atoms with Crippen molar-refractivity contribution in [2.24, 2.45) is 0 Å². The molecule has 3 heterocycles. The van der Waals surface area contributed by atoms with Crippen LogP contribution in [0, 0.1) is 0 Å². The SMILES string of the molecule is C=C(CC(=O)OCCn1c(=O)[nH]c2cccc(C3=CC(=O)N(c4ccccc4)C3=O)c2c1=O)C(=O)OCCn1c(=O)[nH]c2ccccc2c1=O. The number of carbonyl (C=O) groups excluding carboxylic acids is 4. The van der Waals surface area contributed by atoms with Gasteiger partial charge in [-0.05, 0) is 30.3 Å². The lowest BCUT2D eigenvalue weighted by atomic mass is 10.0. The summed E-state index contributed by atoms with van der Waals surface area (Å²) in [7, 11) is 0. The minimum absolute atomic E-state index is 0.0233. The maximum atomic E-state index is 13.6. The van der Waals surface area contributed by atoms with E-state index in [4.69, 9.17) is 9.47 Å². The summed E-state index contributed by atoms with van der Waals surface area (Å²) in [5.41, 5.74) is -2.14. The molecule has 2 N–H and O–H groups in total. The van der Waals surface area contributed by atoms with Crippen molar-refractivity contribution in [3.8, 4) is 0 Å². The number of anilines is 1. The second-order valence-electron chi connectivity index (χ2n) is 11.1. The van der Waals surface area contributed by atoms with Gasteiger partial charge in [0.25, 0.3) is 22.9 Å². The molecule has 0 fully saturated rings. The molecule has 1 aliphatic rings. The van der Waals surface area contributed by atoms with E-state index in [0.29, 0.717) is 11.2 Å². The summed E-state index contributed by atoms with van der Waals surface area (Å²) in [4.78, 5) is 108. The zero-order chi connectivity index (χ0) is 35.5. The second kappa shape index (κ2) is 13.7. The van der Waals surface area contributed by atoms with Crippen LogP contribution in [0.4, 0.5) is 5.69 Å². The molecule has 0 spiro atoms. The number of aromatic amines is 2. The topological polar surface area (TPSA) is 200 Å². The summed E-state index contributed by atoms with van der Waals surface area (Å²) in [6, 6.07) is 19.2. The van der Waals surface area contributed by atoms with Gasteiger partial charge < -0.3 is 19.4 Å². The lowest BCUT2D eigenvalue weighted by Gasteiger charge is -2.15. The number of esters is 2. The first-order chi connectivity index (χ1) is 24.0. The number of ether oxygens (including phenoxy) is 2. The van der Waals surface area contributed by atoms with Gasteiger partial charge in [0, 0.05) is 17.2 Å². The first-order valence-electron chi connectivity index (χ1n) is 15.2. The van der Waals surface area contributed by atoms with E-state index in [1.165, 1.54) is 18.2 Å². The number of H-pyrrole nitrogens is 2. The lowest BCUT2D eigenvalue weighted by Crippen LogP contribution is -2.37. The van der Waals surface area contributed by atoms with Crippen molar-refractivity contribution >= 4 is 56.8 Å². The summed E-state index contributed by atoms with van der Waals surface area (Å²) >= 11 is 0. The Morgan fingerprint density at radius 3 is 2.06 bits per heavy atom. The van der Waals surface area contributed by atoms with E-state index in [0.717, 1.165) is 20.1 Å². The van der Waals surface area contributed by atoms with Crippen molar-refractivity contribution in [3.05, 3.63) is 138 Å². The molecule has 0 saturated heterocycles. The quantitative estimate of drug-likeness (QED) is 0.117. The fraction of sp³-hybridized carbons (Fsp3) is 0.143. The third-order valence-corrected chi connectivity index (χ3v) is 7.90. The fourth-order valence-corrected chi connectivity index (χ4v) is 5.49.